The second-order valence-electron chi connectivity index (χ2n) is 4.72. The number of fused-ring (bicyclic) bond motifs is 1. The van der Waals surface area contributed by atoms with Crippen LogP contribution in [0.15, 0.2) is 33.9 Å². The lowest BCUT2D eigenvalue weighted by atomic mass is 9.96. The minimum Gasteiger partial charge on any atom is -0.507 e. The number of benzene rings is 1. The molecule has 1 atom stereocenters. The van der Waals surface area contributed by atoms with E-state index in [0.717, 1.165) is 5.56 Å². The van der Waals surface area contributed by atoms with Crippen LogP contribution in [0.2, 0.25) is 0 Å². The first-order valence-electron chi connectivity index (χ1n) is 6.35. The second-order valence-corrected chi connectivity index (χ2v) is 5.57. The predicted octanol–water partition coefficient (Wildman–Crippen LogP) is 1.60. The zero-order valence-electron chi connectivity index (χ0n) is 11.7. The van der Waals surface area contributed by atoms with Crippen molar-refractivity contribution in [2.24, 2.45) is 0 Å². The van der Waals surface area contributed by atoms with Gasteiger partial charge in [-0.05, 0) is 51.0 Å². The Labute approximate surface area is 133 Å². The zero-order valence-corrected chi connectivity index (χ0v) is 13.3. The van der Waals surface area contributed by atoms with Crippen LogP contribution in [0.5, 0.6) is 5.75 Å². The van der Waals surface area contributed by atoms with Crippen molar-refractivity contribution in [3.63, 3.8) is 0 Å². The van der Waals surface area contributed by atoms with E-state index in [0.29, 0.717) is 21.7 Å². The van der Waals surface area contributed by atoms with E-state index in [1.165, 1.54) is 17.9 Å². The van der Waals surface area contributed by atoms with Crippen molar-refractivity contribution in [3.8, 4) is 5.75 Å². The number of nitrogens with one attached hydrogen (secondary N) is 1. The van der Waals surface area contributed by atoms with Gasteiger partial charge in [0.1, 0.15) is 11.8 Å². The predicted molar refractivity (Wildman–Crippen MR) is 80.1 cm³/mol. The number of carbonyl (C=O) groups is 1. The summed E-state index contributed by atoms with van der Waals surface area (Å²) in [7, 11) is 1.32. The van der Waals surface area contributed by atoms with Crippen molar-refractivity contribution >= 4 is 27.8 Å². The highest BCUT2D eigenvalue weighted by atomic mass is 79.9. The van der Waals surface area contributed by atoms with Gasteiger partial charge in [0.2, 0.25) is 5.95 Å². The molecule has 2 aromatic rings. The van der Waals surface area contributed by atoms with Crippen molar-refractivity contribution in [1.29, 1.82) is 0 Å². The Morgan fingerprint density at radius 3 is 2.95 bits per heavy atom. The Morgan fingerprint density at radius 1 is 1.50 bits per heavy atom. The van der Waals surface area contributed by atoms with Crippen molar-refractivity contribution in [3.05, 3.63) is 39.5 Å². The average Bonchev–Trinajstić information content (AvgIpc) is 2.95. The molecule has 0 aliphatic carbocycles. The molecule has 0 bridgehead atoms. The summed E-state index contributed by atoms with van der Waals surface area (Å²) in [5, 5.41) is 24.1. The Hall–Kier alpha value is -2.42. The van der Waals surface area contributed by atoms with Gasteiger partial charge >= 0.3 is 5.97 Å². The Bertz CT molecular complexity index is 786. The number of hydrogen-bond acceptors (Lipinski definition) is 7. The first-order valence-corrected chi connectivity index (χ1v) is 7.14. The maximum atomic E-state index is 12.2. The maximum absolute atomic E-state index is 12.2. The van der Waals surface area contributed by atoms with Crippen LogP contribution in [0, 0.1) is 0 Å². The molecule has 0 radical (unpaired) electrons. The van der Waals surface area contributed by atoms with E-state index < -0.39 is 12.0 Å². The van der Waals surface area contributed by atoms with Crippen LogP contribution in [0.4, 0.5) is 5.95 Å². The fraction of sp³-hybridized carbons (Fsp3) is 0.231. The summed E-state index contributed by atoms with van der Waals surface area (Å²) < 4.78 is 6.89. The molecular weight excluding hydrogens is 354 g/mol. The molecule has 8 nitrogen and oxygen atoms in total. The van der Waals surface area contributed by atoms with Crippen molar-refractivity contribution in [2.45, 2.75) is 13.0 Å². The number of aromatic hydroxyl groups is 1. The molecule has 0 unspecified atom stereocenters. The minimum absolute atomic E-state index is 0.106. The van der Waals surface area contributed by atoms with Gasteiger partial charge in [0.15, 0.2) is 0 Å². The molecule has 0 fully saturated rings. The summed E-state index contributed by atoms with van der Waals surface area (Å²) in [4.78, 5) is 12.2. The van der Waals surface area contributed by atoms with Gasteiger partial charge in [-0.2, -0.15) is 4.68 Å². The summed E-state index contributed by atoms with van der Waals surface area (Å²) in [6.07, 6.45) is 0. The smallest absolute Gasteiger partial charge is 0.338 e. The zero-order chi connectivity index (χ0) is 15.9. The van der Waals surface area contributed by atoms with E-state index in [4.69, 9.17) is 4.74 Å². The van der Waals surface area contributed by atoms with Crippen LogP contribution in [0.1, 0.15) is 18.5 Å². The van der Waals surface area contributed by atoms with Crippen LogP contribution in [-0.2, 0) is 9.53 Å². The number of halogens is 1. The van der Waals surface area contributed by atoms with Gasteiger partial charge in [-0.15, -0.1) is 0 Å². The van der Waals surface area contributed by atoms with E-state index in [-0.39, 0.29) is 5.75 Å². The van der Waals surface area contributed by atoms with Crippen LogP contribution < -0.4 is 5.32 Å². The Balaban J connectivity index is 2.20. The number of allylic oxidation sites excluding steroid dienone is 1. The molecule has 2 heterocycles. The summed E-state index contributed by atoms with van der Waals surface area (Å²) >= 11 is 3.27. The molecule has 1 aliphatic rings. The molecule has 0 amide bonds. The van der Waals surface area contributed by atoms with Crippen molar-refractivity contribution < 1.29 is 14.6 Å². The molecule has 0 saturated heterocycles. The van der Waals surface area contributed by atoms with Crippen LogP contribution in [0.25, 0.3) is 0 Å². The normalized spacial score (nSPS) is 17.0. The van der Waals surface area contributed by atoms with E-state index in [1.807, 2.05) is 0 Å². The van der Waals surface area contributed by atoms with Gasteiger partial charge in [0.05, 0.1) is 17.2 Å². The first kappa shape index (κ1) is 14.5. The lowest BCUT2D eigenvalue weighted by molar-refractivity contribution is -0.136. The summed E-state index contributed by atoms with van der Waals surface area (Å²) in [6.45, 7) is 1.76. The van der Waals surface area contributed by atoms with Crippen LogP contribution >= 0.6 is 15.9 Å². The number of nitrogens with zero attached hydrogens (tertiary/aromatic N) is 4. The van der Waals surface area contributed by atoms with Gasteiger partial charge in [-0.3, -0.25) is 0 Å². The lowest BCUT2D eigenvalue weighted by Gasteiger charge is -2.27. The van der Waals surface area contributed by atoms with Gasteiger partial charge in [-0.25, -0.2) is 4.79 Å². The highest BCUT2D eigenvalue weighted by Crippen LogP contribution is 2.37. The number of methoxy groups -OCH3 is 1. The number of tetrazole rings is 1. The third kappa shape index (κ3) is 2.23. The van der Waals surface area contributed by atoms with Crippen LogP contribution in [0.3, 0.4) is 0 Å². The molecule has 22 heavy (non-hydrogen) atoms. The monoisotopic (exact) mass is 365 g/mol. The topological polar surface area (TPSA) is 102 Å². The van der Waals surface area contributed by atoms with Gasteiger partial charge in [-0.1, -0.05) is 11.2 Å². The van der Waals surface area contributed by atoms with Crippen LogP contribution in [-0.4, -0.2) is 38.4 Å². The standard InChI is InChI=1S/C13H12BrN5O3/c1-6-10(12(21)22-2)11(19-13(15-6)16-17-18-19)7-3-4-9(20)8(14)5-7/h3-5,11,20H,1-2H3,(H,15,16,18)/t11-/m0/s1. The third-order valence-electron chi connectivity index (χ3n) is 3.41. The van der Waals surface area contributed by atoms with E-state index in [1.54, 1.807) is 19.1 Å². The van der Waals surface area contributed by atoms with Crippen molar-refractivity contribution in [1.82, 2.24) is 20.2 Å². The molecule has 1 aromatic heterocycles. The fourth-order valence-corrected chi connectivity index (χ4v) is 2.78. The number of carbonyl (C=O) groups excluding carboxylic acids is 1. The number of ether oxygens (including phenoxy) is 1. The first-order chi connectivity index (χ1) is 10.5. The number of aromatic nitrogens is 4. The van der Waals surface area contributed by atoms with Gasteiger partial charge in [0.25, 0.3) is 0 Å². The molecule has 2 N–H and O–H groups in total. The summed E-state index contributed by atoms with van der Waals surface area (Å²) in [5.74, 6) is 0.0645. The molecule has 0 saturated carbocycles. The second kappa shape index (κ2) is 5.41. The number of hydrogen-bond donors (Lipinski definition) is 2. The highest BCUT2D eigenvalue weighted by molar-refractivity contribution is 9.10. The van der Waals surface area contributed by atoms with Gasteiger partial charge < -0.3 is 15.2 Å². The SMILES string of the molecule is COC(=O)C1=C(C)Nc2nnnn2[C@H]1c1ccc(O)c(Br)c1. The number of phenols is 1. The maximum Gasteiger partial charge on any atom is 0.338 e. The number of phenolic OH excluding ortho intramolecular Hbond substituents is 1. The molecule has 114 valence electrons. The third-order valence-corrected chi connectivity index (χ3v) is 4.04. The molecule has 9 heteroatoms. The Morgan fingerprint density at radius 2 is 2.27 bits per heavy atom. The summed E-state index contributed by atoms with van der Waals surface area (Å²) in [5.41, 5.74) is 1.75. The largest absolute Gasteiger partial charge is 0.507 e. The minimum atomic E-state index is -0.546. The van der Waals surface area contributed by atoms with Gasteiger partial charge in [0, 0.05) is 5.70 Å². The number of rotatable bonds is 2. The average molecular weight is 366 g/mol. The molecule has 0 spiro atoms. The number of anilines is 1. The molecule has 1 aliphatic heterocycles. The van der Waals surface area contributed by atoms with Crippen molar-refractivity contribution in [2.75, 3.05) is 12.4 Å². The van der Waals surface area contributed by atoms with E-state index >= 15 is 0 Å². The summed E-state index contributed by atoms with van der Waals surface area (Å²) in [6, 6.07) is 4.41. The molecule has 1 aromatic carbocycles. The quantitative estimate of drug-likeness (QED) is 0.779. The highest BCUT2D eigenvalue weighted by Gasteiger charge is 2.34. The Kier molecular flexibility index (Phi) is 3.57. The number of esters is 1. The molecule has 3 rings (SSSR count). The van der Waals surface area contributed by atoms with E-state index in [9.17, 15) is 9.90 Å². The lowest BCUT2D eigenvalue weighted by Crippen LogP contribution is -2.29. The van der Waals surface area contributed by atoms with E-state index in [2.05, 4.69) is 36.8 Å². The fourth-order valence-electron chi connectivity index (χ4n) is 2.39. The molecular formula is C13H12BrN5O3.